The molecule has 0 fully saturated rings. The Balaban J connectivity index is 1.60. The van der Waals surface area contributed by atoms with E-state index in [1.165, 1.54) is 13.2 Å². The minimum atomic E-state index is -0.514. The van der Waals surface area contributed by atoms with Crippen molar-refractivity contribution >= 4 is 17.8 Å². The molecule has 0 amide bonds. The van der Waals surface area contributed by atoms with Gasteiger partial charge in [-0.15, -0.1) is 0 Å². The highest BCUT2D eigenvalue weighted by molar-refractivity contribution is 6.15. The molecular formula is C28H22N2O5. The number of para-hydroxylation sites is 1. The van der Waals surface area contributed by atoms with Crippen LogP contribution in [0.15, 0.2) is 78.7 Å². The number of carbonyl (C=O) groups excluding carboxylic acids is 2. The van der Waals surface area contributed by atoms with Crippen LogP contribution in [0.25, 0.3) is 23.0 Å². The first-order valence-electron chi connectivity index (χ1n) is 10.9. The summed E-state index contributed by atoms with van der Waals surface area (Å²) >= 11 is 0. The summed E-state index contributed by atoms with van der Waals surface area (Å²) in [6, 6.07) is 20.1. The largest absolute Gasteiger partial charge is 0.497 e. The first-order valence-corrected chi connectivity index (χ1v) is 10.9. The quantitative estimate of drug-likeness (QED) is 0.295. The van der Waals surface area contributed by atoms with Crippen molar-refractivity contribution in [1.29, 1.82) is 0 Å². The lowest BCUT2D eigenvalue weighted by Crippen LogP contribution is -2.03. The Labute approximate surface area is 202 Å². The number of benzene rings is 3. The van der Waals surface area contributed by atoms with E-state index in [0.717, 1.165) is 22.6 Å². The minimum absolute atomic E-state index is 0.155. The zero-order valence-corrected chi connectivity index (χ0v) is 19.4. The molecule has 0 unspecified atom stereocenters. The van der Waals surface area contributed by atoms with E-state index in [2.05, 4.69) is 0 Å². The molecule has 2 heterocycles. The summed E-state index contributed by atoms with van der Waals surface area (Å²) in [7, 11) is 2.92. The smallest absolute Gasteiger partial charge is 0.337 e. The maximum atomic E-state index is 13.2. The Bertz CT molecular complexity index is 1480. The van der Waals surface area contributed by atoms with Crippen molar-refractivity contribution in [1.82, 2.24) is 9.78 Å². The second kappa shape index (κ2) is 8.95. The lowest BCUT2D eigenvalue weighted by atomic mass is 10.0. The molecular weight excluding hydrogens is 444 g/mol. The molecule has 1 aromatic heterocycles. The van der Waals surface area contributed by atoms with Crippen molar-refractivity contribution in [3.05, 3.63) is 101 Å². The van der Waals surface area contributed by atoms with E-state index in [0.29, 0.717) is 22.6 Å². The molecule has 0 saturated carbocycles. The summed E-state index contributed by atoms with van der Waals surface area (Å²) in [6.07, 6.45) is 3.55. The Hall–Kier alpha value is -4.65. The highest BCUT2D eigenvalue weighted by atomic mass is 16.5. The molecule has 4 aromatic rings. The van der Waals surface area contributed by atoms with Crippen LogP contribution in [0, 0.1) is 6.92 Å². The summed E-state index contributed by atoms with van der Waals surface area (Å²) in [4.78, 5) is 25.1. The highest BCUT2D eigenvalue weighted by Crippen LogP contribution is 2.35. The van der Waals surface area contributed by atoms with E-state index in [1.807, 2.05) is 61.7 Å². The number of Topliss-reactive ketones (excluding diaryl/α,β-unsaturated/α-hetero) is 1. The molecule has 1 aliphatic rings. The van der Waals surface area contributed by atoms with Gasteiger partial charge in [0.25, 0.3) is 0 Å². The van der Waals surface area contributed by atoms with E-state index >= 15 is 0 Å². The number of fused-ring (bicyclic) bond motifs is 1. The number of rotatable bonds is 5. The fraction of sp³-hybridized carbons (Fsp3) is 0.107. The predicted octanol–water partition coefficient (Wildman–Crippen LogP) is 5.26. The van der Waals surface area contributed by atoms with Gasteiger partial charge < -0.3 is 14.2 Å². The first-order chi connectivity index (χ1) is 17.0. The van der Waals surface area contributed by atoms with Crippen molar-refractivity contribution in [3.63, 3.8) is 0 Å². The Morgan fingerprint density at radius 1 is 1.00 bits per heavy atom. The molecule has 0 N–H and O–H groups in total. The fourth-order valence-electron chi connectivity index (χ4n) is 4.02. The van der Waals surface area contributed by atoms with Crippen LogP contribution >= 0.6 is 0 Å². The fourth-order valence-corrected chi connectivity index (χ4v) is 4.02. The Morgan fingerprint density at radius 2 is 1.80 bits per heavy atom. The zero-order chi connectivity index (χ0) is 24.5. The van der Waals surface area contributed by atoms with Crippen molar-refractivity contribution in [2.75, 3.05) is 14.2 Å². The van der Waals surface area contributed by atoms with Crippen LogP contribution in [0.2, 0.25) is 0 Å². The summed E-state index contributed by atoms with van der Waals surface area (Å²) in [5.74, 6) is 0.475. The molecule has 0 aliphatic carbocycles. The molecule has 0 saturated heterocycles. The minimum Gasteiger partial charge on any atom is -0.497 e. The number of esters is 1. The summed E-state index contributed by atoms with van der Waals surface area (Å²) in [6.45, 7) is 1.98. The predicted molar refractivity (Wildman–Crippen MR) is 131 cm³/mol. The summed E-state index contributed by atoms with van der Waals surface area (Å²) < 4.78 is 17.8. The molecule has 1 aliphatic heterocycles. The SMILES string of the molecule is COC(=O)c1ccc2c(c1)C(=O)/C(=C/c1cn(-c3ccccc3)nc1-c1ccc(OC)cc1C)O2. The van der Waals surface area contributed by atoms with Crippen molar-refractivity contribution in [3.8, 4) is 28.4 Å². The van der Waals surface area contributed by atoms with Crippen LogP contribution in [-0.2, 0) is 4.74 Å². The maximum Gasteiger partial charge on any atom is 0.337 e. The van der Waals surface area contributed by atoms with Gasteiger partial charge in [0.2, 0.25) is 5.78 Å². The van der Waals surface area contributed by atoms with Crippen LogP contribution < -0.4 is 9.47 Å². The van der Waals surface area contributed by atoms with Gasteiger partial charge in [-0.25, -0.2) is 9.48 Å². The third-order valence-electron chi connectivity index (χ3n) is 5.83. The topological polar surface area (TPSA) is 79.7 Å². The third kappa shape index (κ3) is 4.08. The lowest BCUT2D eigenvalue weighted by molar-refractivity contribution is 0.0600. The number of nitrogens with zero attached hydrogens (tertiary/aromatic N) is 2. The van der Waals surface area contributed by atoms with Gasteiger partial charge in [-0.3, -0.25) is 4.79 Å². The van der Waals surface area contributed by atoms with Crippen LogP contribution in [-0.4, -0.2) is 35.8 Å². The van der Waals surface area contributed by atoms with Gasteiger partial charge in [0.15, 0.2) is 5.76 Å². The number of hydrogen-bond acceptors (Lipinski definition) is 6. The van der Waals surface area contributed by atoms with Crippen LogP contribution in [0.5, 0.6) is 11.5 Å². The number of carbonyl (C=O) groups is 2. The molecule has 174 valence electrons. The van der Waals surface area contributed by atoms with Gasteiger partial charge in [0.05, 0.1) is 31.0 Å². The molecule has 7 heteroatoms. The molecule has 3 aromatic carbocycles. The maximum absolute atomic E-state index is 13.2. The number of hydrogen-bond donors (Lipinski definition) is 0. The number of methoxy groups -OCH3 is 2. The van der Waals surface area contributed by atoms with Gasteiger partial charge in [-0.2, -0.15) is 5.10 Å². The van der Waals surface area contributed by atoms with Crippen LogP contribution in [0.4, 0.5) is 0 Å². The number of ketones is 1. The third-order valence-corrected chi connectivity index (χ3v) is 5.83. The second-order valence-corrected chi connectivity index (χ2v) is 8.04. The average molecular weight is 466 g/mol. The molecule has 7 nitrogen and oxygen atoms in total. The number of ether oxygens (including phenoxy) is 3. The first kappa shape index (κ1) is 22.2. The molecule has 35 heavy (non-hydrogen) atoms. The van der Waals surface area contributed by atoms with E-state index in [4.69, 9.17) is 19.3 Å². The summed E-state index contributed by atoms with van der Waals surface area (Å²) in [5, 5.41) is 4.83. The van der Waals surface area contributed by atoms with Gasteiger partial charge in [0, 0.05) is 17.3 Å². The molecule has 0 spiro atoms. The van der Waals surface area contributed by atoms with Gasteiger partial charge in [-0.1, -0.05) is 18.2 Å². The average Bonchev–Trinajstić information content (AvgIpc) is 3.44. The Kier molecular flexibility index (Phi) is 5.66. The van der Waals surface area contributed by atoms with Crippen molar-refractivity contribution < 1.29 is 23.8 Å². The molecule has 0 atom stereocenters. The second-order valence-electron chi connectivity index (χ2n) is 8.04. The van der Waals surface area contributed by atoms with E-state index in [1.54, 1.807) is 30.0 Å². The van der Waals surface area contributed by atoms with Gasteiger partial charge in [-0.05, 0) is 67.1 Å². The normalized spacial score (nSPS) is 13.5. The van der Waals surface area contributed by atoms with Crippen LogP contribution in [0.3, 0.4) is 0 Å². The highest BCUT2D eigenvalue weighted by Gasteiger charge is 2.29. The van der Waals surface area contributed by atoms with Crippen molar-refractivity contribution in [2.24, 2.45) is 0 Å². The zero-order valence-electron chi connectivity index (χ0n) is 19.4. The van der Waals surface area contributed by atoms with E-state index in [-0.39, 0.29) is 17.1 Å². The molecule has 0 bridgehead atoms. The lowest BCUT2D eigenvalue weighted by Gasteiger charge is -2.07. The van der Waals surface area contributed by atoms with E-state index < -0.39 is 5.97 Å². The Morgan fingerprint density at radius 3 is 2.51 bits per heavy atom. The van der Waals surface area contributed by atoms with Gasteiger partial charge in [0.1, 0.15) is 17.2 Å². The molecule has 0 radical (unpaired) electrons. The number of allylic oxidation sites excluding steroid dienone is 1. The standard InChI is InChI=1S/C28H22N2O5/c1-17-13-21(33-2)10-11-22(17)26-19(16-30(29-26)20-7-5-4-6-8-20)15-25-27(31)23-14-18(28(32)34-3)9-12-24(23)35-25/h4-16H,1-3H3/b25-15-. The number of aromatic nitrogens is 2. The number of aryl methyl sites for hydroxylation is 1. The summed E-state index contributed by atoms with van der Waals surface area (Å²) in [5.41, 5.74) is 4.78. The molecule has 5 rings (SSSR count). The van der Waals surface area contributed by atoms with E-state index in [9.17, 15) is 9.59 Å². The monoisotopic (exact) mass is 466 g/mol. The van der Waals surface area contributed by atoms with Crippen molar-refractivity contribution in [2.45, 2.75) is 6.92 Å². The van der Waals surface area contributed by atoms with Gasteiger partial charge >= 0.3 is 5.97 Å². The van der Waals surface area contributed by atoms with Crippen LogP contribution in [0.1, 0.15) is 31.8 Å².